The summed E-state index contributed by atoms with van der Waals surface area (Å²) in [6.07, 6.45) is 0. The monoisotopic (exact) mass is 710 g/mol. The molecule has 5 heterocycles. The van der Waals surface area contributed by atoms with Crippen molar-refractivity contribution >= 4 is 55.6 Å². The zero-order valence-corrected chi connectivity index (χ0v) is 29.2. The third kappa shape index (κ3) is 6.49. The number of nitrogens with zero attached hydrogens (tertiary/aromatic N) is 6. The van der Waals surface area contributed by atoms with Gasteiger partial charge in [0, 0.05) is 47.7 Å². The molecule has 0 saturated carbocycles. The van der Waals surface area contributed by atoms with Gasteiger partial charge in [0.15, 0.2) is 0 Å². The number of benzene rings is 4. The lowest BCUT2D eigenvalue weighted by molar-refractivity contribution is -0.139. The molecular weight excluding hydrogens is 677 g/mol. The number of hydrogen-bond donors (Lipinski definition) is 2. The third-order valence-corrected chi connectivity index (χ3v) is 9.93. The topological polar surface area (TPSA) is 133 Å². The van der Waals surface area contributed by atoms with Gasteiger partial charge in [-0.15, -0.1) is 0 Å². The number of carboxylic acid groups (broad SMARTS) is 2. The minimum atomic E-state index is -0.950. The van der Waals surface area contributed by atoms with Gasteiger partial charge >= 0.3 is 11.9 Å². The number of hydrogen-bond acceptors (Lipinski definition) is 8. The van der Waals surface area contributed by atoms with E-state index in [1.54, 1.807) is 0 Å². The molecule has 0 saturated heterocycles. The van der Waals surface area contributed by atoms with Gasteiger partial charge in [0.05, 0.1) is 57.9 Å². The van der Waals surface area contributed by atoms with Crippen LogP contribution in [0.5, 0.6) is 0 Å². The molecule has 10 heteroatoms. The van der Waals surface area contributed by atoms with Crippen molar-refractivity contribution in [3.8, 4) is 22.3 Å². The molecule has 9 rings (SSSR count). The van der Waals surface area contributed by atoms with Crippen LogP contribution in [-0.4, -0.2) is 65.0 Å². The van der Waals surface area contributed by atoms with E-state index in [-0.39, 0.29) is 39.3 Å². The normalized spacial score (nSPS) is 13.9. The summed E-state index contributed by atoms with van der Waals surface area (Å²) in [4.78, 5) is 48.9. The van der Waals surface area contributed by atoms with Crippen molar-refractivity contribution in [2.24, 2.45) is 0 Å². The van der Waals surface area contributed by atoms with Crippen LogP contribution < -0.4 is 0 Å². The molecule has 0 aliphatic carbocycles. The van der Waals surface area contributed by atoms with E-state index in [0.717, 1.165) is 43.8 Å². The highest BCUT2D eigenvalue weighted by molar-refractivity contribution is 6.12. The Balaban J connectivity index is 1.33. The van der Waals surface area contributed by atoms with Crippen LogP contribution in [0.25, 0.3) is 65.9 Å². The summed E-state index contributed by atoms with van der Waals surface area (Å²) in [5.41, 5.74) is 9.46. The molecule has 0 radical (unpaired) electrons. The van der Waals surface area contributed by atoms with Gasteiger partial charge in [-0.05, 0) is 46.5 Å². The molecule has 0 unspecified atom stereocenters. The Morgan fingerprint density at radius 3 is 1.24 bits per heavy atom. The van der Waals surface area contributed by atoms with E-state index in [2.05, 4.69) is 36.4 Å². The van der Waals surface area contributed by atoms with Gasteiger partial charge in [-0.2, -0.15) is 0 Å². The minimum absolute atomic E-state index is 0.215. The van der Waals surface area contributed by atoms with Crippen LogP contribution in [0.2, 0.25) is 0 Å². The first-order chi connectivity index (χ1) is 26.3. The fraction of sp³-hybridized carbons (Fsp3) is 0.136. The molecule has 10 nitrogen and oxygen atoms in total. The fourth-order valence-electron chi connectivity index (χ4n) is 7.62. The lowest BCUT2D eigenvalue weighted by Gasteiger charge is -2.22. The van der Waals surface area contributed by atoms with Crippen LogP contribution in [-0.2, 0) is 35.8 Å². The molecule has 0 spiro atoms. The highest BCUT2D eigenvalue weighted by Gasteiger charge is 2.21. The molecule has 54 heavy (non-hydrogen) atoms. The molecule has 0 fully saturated rings. The van der Waals surface area contributed by atoms with E-state index < -0.39 is 11.9 Å². The summed E-state index contributed by atoms with van der Waals surface area (Å²) in [6, 6.07) is 40.2. The Bertz CT molecular complexity index is 2570. The number of fused-ring (bicyclic) bond motifs is 4. The van der Waals surface area contributed by atoms with Crippen LogP contribution in [0.1, 0.15) is 22.8 Å². The second kappa shape index (κ2) is 13.7. The zero-order valence-electron chi connectivity index (χ0n) is 29.2. The fourth-order valence-corrected chi connectivity index (χ4v) is 7.62. The lowest BCUT2D eigenvalue weighted by Crippen LogP contribution is -2.30. The van der Waals surface area contributed by atoms with Crippen LogP contribution in [0.3, 0.4) is 0 Å². The highest BCUT2D eigenvalue weighted by atomic mass is 16.4. The van der Waals surface area contributed by atoms with Crippen molar-refractivity contribution in [1.82, 2.24) is 29.7 Å². The molecule has 2 N–H and O–H groups in total. The van der Waals surface area contributed by atoms with Gasteiger partial charge in [-0.25, -0.2) is 19.9 Å². The van der Waals surface area contributed by atoms with Gasteiger partial charge in [-0.3, -0.25) is 19.4 Å². The number of rotatable bonds is 6. The molecule has 1 aliphatic heterocycles. The minimum Gasteiger partial charge on any atom is -0.480 e. The van der Waals surface area contributed by atoms with E-state index in [1.165, 1.54) is 0 Å². The molecule has 8 aromatic rings. The predicted molar refractivity (Wildman–Crippen MR) is 208 cm³/mol. The van der Waals surface area contributed by atoms with Crippen molar-refractivity contribution in [3.63, 3.8) is 0 Å². The van der Waals surface area contributed by atoms with Crippen LogP contribution in [0.15, 0.2) is 121 Å². The SMILES string of the molecule is O=C(O)CN1Cc2ccc3ccc4ccc(nc4c3n2)CN(CC(=O)O)Cc2cc(-c3ccccc3)c3ccc4c(-c5ccccc5)cc(nc4c3n2)C1. The first kappa shape index (κ1) is 33.2. The van der Waals surface area contributed by atoms with Gasteiger partial charge in [0.2, 0.25) is 0 Å². The lowest BCUT2D eigenvalue weighted by atomic mass is 9.95. The Morgan fingerprint density at radius 2 is 0.833 bits per heavy atom. The molecule has 1 aliphatic rings. The van der Waals surface area contributed by atoms with Crippen LogP contribution in [0, 0.1) is 0 Å². The Kier molecular flexibility index (Phi) is 8.45. The van der Waals surface area contributed by atoms with E-state index in [0.29, 0.717) is 44.8 Å². The van der Waals surface area contributed by atoms with Crippen LogP contribution in [0.4, 0.5) is 0 Å². The van der Waals surface area contributed by atoms with E-state index in [1.807, 2.05) is 94.7 Å². The second-order valence-electron chi connectivity index (χ2n) is 13.8. The maximum Gasteiger partial charge on any atom is 0.317 e. The predicted octanol–water partition coefficient (Wildman–Crippen LogP) is 7.70. The molecule has 4 aromatic heterocycles. The first-order valence-corrected chi connectivity index (χ1v) is 17.8. The second-order valence-corrected chi connectivity index (χ2v) is 13.8. The summed E-state index contributed by atoms with van der Waals surface area (Å²) in [7, 11) is 0. The van der Waals surface area contributed by atoms with Crippen molar-refractivity contribution in [1.29, 1.82) is 0 Å². The number of carbonyl (C=O) groups is 2. The maximum absolute atomic E-state index is 12.3. The van der Waals surface area contributed by atoms with Crippen molar-refractivity contribution in [2.45, 2.75) is 26.2 Å². The van der Waals surface area contributed by atoms with Gasteiger partial charge in [-0.1, -0.05) is 97.1 Å². The molecule has 8 bridgehead atoms. The summed E-state index contributed by atoms with van der Waals surface area (Å²) >= 11 is 0. The number of aliphatic carboxylic acids is 2. The quantitative estimate of drug-likeness (QED) is 0.166. The molecule has 264 valence electrons. The summed E-state index contributed by atoms with van der Waals surface area (Å²) in [6.45, 7) is 0.588. The van der Waals surface area contributed by atoms with Gasteiger partial charge < -0.3 is 10.2 Å². The van der Waals surface area contributed by atoms with Gasteiger partial charge in [0.25, 0.3) is 0 Å². The first-order valence-electron chi connectivity index (χ1n) is 17.8. The largest absolute Gasteiger partial charge is 0.480 e. The average Bonchev–Trinajstić information content (AvgIpc) is 3.17. The summed E-state index contributed by atoms with van der Waals surface area (Å²) < 4.78 is 0. The molecule has 4 aromatic carbocycles. The maximum atomic E-state index is 12.3. The van der Waals surface area contributed by atoms with Gasteiger partial charge in [0.1, 0.15) is 0 Å². The standard InChI is InChI=1S/C44H34N6O4/c51-39(52)25-49-21-31-15-13-29-11-12-30-14-16-32(46-42(30)41(29)45-31)22-50(26-40(53)54)24-34-20-38(28-9-5-2-6-10-28)36-18-17-35-37(27-7-3-1-4-8-27)19-33(23-49)47-43(35)44(36)48-34/h1-20H,21-26H2,(H,51,52)(H,53,54). The zero-order chi connectivity index (χ0) is 36.8. The molecule has 0 amide bonds. The summed E-state index contributed by atoms with van der Waals surface area (Å²) in [5, 5.41) is 23.7. The Hall–Kier alpha value is -6.62. The highest BCUT2D eigenvalue weighted by Crippen LogP contribution is 2.37. The van der Waals surface area contributed by atoms with Crippen molar-refractivity contribution in [2.75, 3.05) is 13.1 Å². The van der Waals surface area contributed by atoms with Crippen LogP contribution >= 0.6 is 0 Å². The average molecular weight is 711 g/mol. The van der Waals surface area contributed by atoms with E-state index in [9.17, 15) is 19.8 Å². The summed E-state index contributed by atoms with van der Waals surface area (Å²) in [5.74, 6) is -1.90. The Labute approximate surface area is 310 Å². The van der Waals surface area contributed by atoms with Crippen molar-refractivity contribution < 1.29 is 19.8 Å². The molecule has 0 atom stereocenters. The smallest absolute Gasteiger partial charge is 0.317 e. The number of carboxylic acids is 2. The Morgan fingerprint density at radius 1 is 0.463 bits per heavy atom. The van der Waals surface area contributed by atoms with Crippen molar-refractivity contribution in [3.05, 3.63) is 144 Å². The third-order valence-electron chi connectivity index (χ3n) is 9.93. The van der Waals surface area contributed by atoms with E-state index >= 15 is 0 Å². The molecular formula is C44H34N6O4. The number of aromatic nitrogens is 4. The van der Waals surface area contributed by atoms with E-state index in [4.69, 9.17) is 19.9 Å². The number of pyridine rings is 4.